The highest BCUT2D eigenvalue weighted by atomic mass is 16.5. The van der Waals surface area contributed by atoms with Crippen molar-refractivity contribution < 1.29 is 14.6 Å². The van der Waals surface area contributed by atoms with Gasteiger partial charge in [-0.2, -0.15) is 0 Å². The fraction of sp³-hybridized carbons (Fsp3) is 0.200. The average Bonchev–Trinajstić information content (AvgIpc) is 2.46. The summed E-state index contributed by atoms with van der Waals surface area (Å²) >= 11 is 0. The molecule has 0 aliphatic carbocycles. The van der Waals surface area contributed by atoms with Crippen LogP contribution in [-0.2, 0) is 0 Å². The van der Waals surface area contributed by atoms with Crippen LogP contribution in [0.4, 0.5) is 5.69 Å². The standard InChI is InChI=1S/C15H17NO3/c1-18-12-6-3-10(4-7-12)15(17)11-5-8-14(19-2)13(16)9-11/h3-9,15,17H,16H2,1-2H3/t15-/m1/s1. The van der Waals surface area contributed by atoms with Crippen molar-refractivity contribution in [1.82, 2.24) is 0 Å². The summed E-state index contributed by atoms with van der Waals surface area (Å²) in [7, 11) is 3.17. The van der Waals surface area contributed by atoms with E-state index in [1.165, 1.54) is 0 Å². The molecular formula is C15H17NO3. The van der Waals surface area contributed by atoms with E-state index < -0.39 is 6.10 Å². The predicted molar refractivity (Wildman–Crippen MR) is 74.5 cm³/mol. The van der Waals surface area contributed by atoms with Crippen molar-refractivity contribution in [2.75, 3.05) is 20.0 Å². The molecule has 2 rings (SSSR count). The Balaban J connectivity index is 2.27. The Kier molecular flexibility index (Phi) is 3.92. The highest BCUT2D eigenvalue weighted by Crippen LogP contribution is 2.29. The van der Waals surface area contributed by atoms with Gasteiger partial charge in [-0.05, 0) is 35.4 Å². The summed E-state index contributed by atoms with van der Waals surface area (Å²) in [6.07, 6.45) is -0.723. The molecule has 0 spiro atoms. The molecule has 0 aliphatic rings. The minimum atomic E-state index is -0.723. The summed E-state index contributed by atoms with van der Waals surface area (Å²) in [5, 5.41) is 10.3. The average molecular weight is 259 g/mol. The zero-order valence-electron chi connectivity index (χ0n) is 11.0. The molecular weight excluding hydrogens is 242 g/mol. The van der Waals surface area contributed by atoms with Crippen LogP contribution in [0, 0.1) is 0 Å². The van der Waals surface area contributed by atoms with Gasteiger partial charge >= 0.3 is 0 Å². The summed E-state index contributed by atoms with van der Waals surface area (Å²) in [6.45, 7) is 0. The first-order valence-corrected chi connectivity index (χ1v) is 5.91. The third-order valence-corrected chi connectivity index (χ3v) is 3.00. The minimum Gasteiger partial charge on any atom is -0.497 e. The molecule has 0 aromatic heterocycles. The molecule has 19 heavy (non-hydrogen) atoms. The molecule has 0 aliphatic heterocycles. The second-order valence-corrected chi connectivity index (χ2v) is 4.18. The molecule has 4 nitrogen and oxygen atoms in total. The van der Waals surface area contributed by atoms with E-state index in [2.05, 4.69) is 0 Å². The molecule has 0 bridgehead atoms. The van der Waals surface area contributed by atoms with Gasteiger partial charge < -0.3 is 20.3 Å². The molecule has 0 saturated carbocycles. The number of hydrogen-bond acceptors (Lipinski definition) is 4. The molecule has 0 saturated heterocycles. The van der Waals surface area contributed by atoms with Gasteiger partial charge in [-0.3, -0.25) is 0 Å². The number of nitrogen functional groups attached to an aromatic ring is 1. The van der Waals surface area contributed by atoms with E-state index in [9.17, 15) is 5.11 Å². The van der Waals surface area contributed by atoms with Gasteiger partial charge in [0.15, 0.2) is 0 Å². The Morgan fingerprint density at radius 1 is 0.947 bits per heavy atom. The van der Waals surface area contributed by atoms with E-state index in [-0.39, 0.29) is 0 Å². The number of hydrogen-bond donors (Lipinski definition) is 2. The van der Waals surface area contributed by atoms with Crippen LogP contribution in [-0.4, -0.2) is 19.3 Å². The lowest BCUT2D eigenvalue weighted by Crippen LogP contribution is -2.01. The van der Waals surface area contributed by atoms with Crippen molar-refractivity contribution in [3.63, 3.8) is 0 Å². The maximum Gasteiger partial charge on any atom is 0.141 e. The van der Waals surface area contributed by atoms with E-state index >= 15 is 0 Å². The second kappa shape index (κ2) is 5.63. The quantitative estimate of drug-likeness (QED) is 0.827. The van der Waals surface area contributed by atoms with E-state index in [0.29, 0.717) is 11.4 Å². The van der Waals surface area contributed by atoms with Gasteiger partial charge in [0.2, 0.25) is 0 Å². The third-order valence-electron chi connectivity index (χ3n) is 3.00. The number of methoxy groups -OCH3 is 2. The van der Waals surface area contributed by atoms with Crippen LogP contribution in [0.15, 0.2) is 42.5 Å². The Labute approximate surface area is 112 Å². The largest absolute Gasteiger partial charge is 0.497 e. The summed E-state index contributed by atoms with van der Waals surface area (Å²) in [6, 6.07) is 12.5. The number of benzene rings is 2. The van der Waals surface area contributed by atoms with E-state index in [0.717, 1.165) is 16.9 Å². The van der Waals surface area contributed by atoms with Gasteiger partial charge in [0.05, 0.1) is 19.9 Å². The fourth-order valence-electron chi connectivity index (χ4n) is 1.90. The molecule has 2 aromatic carbocycles. The SMILES string of the molecule is COc1ccc([C@@H](O)c2ccc(OC)c(N)c2)cc1. The molecule has 0 heterocycles. The van der Waals surface area contributed by atoms with E-state index in [1.54, 1.807) is 32.4 Å². The van der Waals surface area contributed by atoms with Crippen LogP contribution in [0.25, 0.3) is 0 Å². The third kappa shape index (κ3) is 2.80. The molecule has 2 aromatic rings. The van der Waals surface area contributed by atoms with E-state index in [1.807, 2.05) is 24.3 Å². The van der Waals surface area contributed by atoms with E-state index in [4.69, 9.17) is 15.2 Å². The molecule has 0 amide bonds. The fourth-order valence-corrected chi connectivity index (χ4v) is 1.90. The lowest BCUT2D eigenvalue weighted by Gasteiger charge is -2.14. The zero-order valence-corrected chi connectivity index (χ0v) is 11.0. The maximum atomic E-state index is 10.3. The minimum absolute atomic E-state index is 0.507. The first kappa shape index (κ1) is 13.2. The molecule has 3 N–H and O–H groups in total. The molecule has 0 radical (unpaired) electrons. The summed E-state index contributed by atoms with van der Waals surface area (Å²) in [5.41, 5.74) is 7.85. The first-order chi connectivity index (χ1) is 9.15. The smallest absolute Gasteiger partial charge is 0.141 e. The highest BCUT2D eigenvalue weighted by Gasteiger charge is 2.12. The zero-order chi connectivity index (χ0) is 13.8. The summed E-state index contributed by atoms with van der Waals surface area (Å²) in [5.74, 6) is 1.36. The number of ether oxygens (including phenoxy) is 2. The number of aliphatic hydroxyl groups is 1. The summed E-state index contributed by atoms with van der Waals surface area (Å²) in [4.78, 5) is 0. The number of nitrogens with two attached hydrogens (primary N) is 1. The molecule has 0 unspecified atom stereocenters. The van der Waals surface area contributed by atoms with Gasteiger partial charge in [-0.1, -0.05) is 18.2 Å². The van der Waals surface area contributed by atoms with Crippen molar-refractivity contribution in [1.29, 1.82) is 0 Å². The highest BCUT2D eigenvalue weighted by molar-refractivity contribution is 5.55. The lowest BCUT2D eigenvalue weighted by molar-refractivity contribution is 0.220. The predicted octanol–water partition coefficient (Wildman–Crippen LogP) is 2.37. The van der Waals surface area contributed by atoms with Crippen molar-refractivity contribution in [2.24, 2.45) is 0 Å². The Bertz CT molecular complexity index is 552. The normalized spacial score (nSPS) is 11.9. The monoisotopic (exact) mass is 259 g/mol. The topological polar surface area (TPSA) is 64.7 Å². The molecule has 4 heteroatoms. The Morgan fingerprint density at radius 3 is 2.11 bits per heavy atom. The molecule has 0 fully saturated rings. The number of anilines is 1. The first-order valence-electron chi connectivity index (χ1n) is 5.91. The maximum absolute atomic E-state index is 10.3. The van der Waals surface area contributed by atoms with Gasteiger partial charge in [0, 0.05) is 0 Å². The van der Waals surface area contributed by atoms with Crippen LogP contribution in [0.5, 0.6) is 11.5 Å². The van der Waals surface area contributed by atoms with Gasteiger partial charge in [0.25, 0.3) is 0 Å². The van der Waals surface area contributed by atoms with Gasteiger partial charge in [-0.15, -0.1) is 0 Å². The Hall–Kier alpha value is -2.20. The van der Waals surface area contributed by atoms with Crippen molar-refractivity contribution >= 4 is 5.69 Å². The van der Waals surface area contributed by atoms with Crippen LogP contribution in [0.2, 0.25) is 0 Å². The molecule has 100 valence electrons. The van der Waals surface area contributed by atoms with Crippen LogP contribution in [0.3, 0.4) is 0 Å². The molecule has 1 atom stereocenters. The Morgan fingerprint density at radius 2 is 1.58 bits per heavy atom. The number of aliphatic hydroxyl groups excluding tert-OH is 1. The van der Waals surface area contributed by atoms with Crippen molar-refractivity contribution in [2.45, 2.75) is 6.10 Å². The van der Waals surface area contributed by atoms with Crippen LogP contribution >= 0.6 is 0 Å². The lowest BCUT2D eigenvalue weighted by atomic mass is 10.0. The van der Waals surface area contributed by atoms with Crippen LogP contribution in [0.1, 0.15) is 17.2 Å². The second-order valence-electron chi connectivity index (χ2n) is 4.18. The van der Waals surface area contributed by atoms with Gasteiger partial charge in [-0.25, -0.2) is 0 Å². The van der Waals surface area contributed by atoms with Crippen LogP contribution < -0.4 is 15.2 Å². The van der Waals surface area contributed by atoms with Crippen molar-refractivity contribution in [3.05, 3.63) is 53.6 Å². The van der Waals surface area contributed by atoms with Crippen molar-refractivity contribution in [3.8, 4) is 11.5 Å². The van der Waals surface area contributed by atoms with Gasteiger partial charge in [0.1, 0.15) is 17.6 Å². The number of rotatable bonds is 4. The summed E-state index contributed by atoms with van der Waals surface area (Å²) < 4.78 is 10.2.